The van der Waals surface area contributed by atoms with E-state index >= 15 is 0 Å². The maximum atomic E-state index is 12.3. The molecule has 20 heavy (non-hydrogen) atoms. The summed E-state index contributed by atoms with van der Waals surface area (Å²) in [4.78, 5) is 24.8. The van der Waals surface area contributed by atoms with E-state index in [1.54, 1.807) is 29.8 Å². The third kappa shape index (κ3) is 2.41. The number of hydrogen-bond donors (Lipinski definition) is 1. The van der Waals surface area contributed by atoms with Gasteiger partial charge in [-0.2, -0.15) is 0 Å². The van der Waals surface area contributed by atoms with Crippen molar-refractivity contribution in [1.29, 1.82) is 0 Å². The molecular weight excluding hydrogens is 274 g/mol. The van der Waals surface area contributed by atoms with Crippen LogP contribution in [0, 0.1) is 13.8 Å². The first-order valence-electron chi connectivity index (χ1n) is 6.46. The number of aromatic carboxylic acids is 1. The first kappa shape index (κ1) is 14.5. The second kappa shape index (κ2) is 5.63. The molecule has 1 unspecified atom stereocenters. The molecule has 2 heterocycles. The van der Waals surface area contributed by atoms with Crippen LogP contribution in [0.25, 0.3) is 0 Å². The highest BCUT2D eigenvalue weighted by atomic mass is 32.1. The fourth-order valence-electron chi connectivity index (χ4n) is 2.60. The number of carboxylic acid groups (broad SMARTS) is 1. The molecule has 0 aliphatic rings. The molecule has 0 aromatic carbocycles. The zero-order chi connectivity index (χ0) is 14.9. The second-order valence-corrected chi connectivity index (χ2v) is 5.72. The standard InChI is InChI=1S/C15H17NO3S/c1-4-11(12-6-5-7-20-12)16-10(3)14(15(18)19)9(2)8-13(16)17/h5-8,11H,4H2,1-3H3,(H,18,19). The topological polar surface area (TPSA) is 59.3 Å². The molecule has 106 valence electrons. The van der Waals surface area contributed by atoms with Crippen LogP contribution in [-0.2, 0) is 0 Å². The van der Waals surface area contributed by atoms with Crippen LogP contribution in [0.5, 0.6) is 0 Å². The highest BCUT2D eigenvalue weighted by molar-refractivity contribution is 7.10. The molecular formula is C15H17NO3S. The van der Waals surface area contributed by atoms with Crippen LogP contribution in [-0.4, -0.2) is 15.6 Å². The van der Waals surface area contributed by atoms with E-state index in [2.05, 4.69) is 0 Å². The number of aryl methyl sites for hydroxylation is 1. The minimum atomic E-state index is -0.991. The van der Waals surface area contributed by atoms with Gasteiger partial charge in [0.05, 0.1) is 11.6 Å². The Bertz CT molecular complexity index is 686. The molecule has 4 nitrogen and oxygen atoms in total. The number of carboxylic acids is 1. The van der Waals surface area contributed by atoms with Crippen molar-refractivity contribution < 1.29 is 9.90 Å². The molecule has 0 radical (unpaired) electrons. The molecule has 1 N–H and O–H groups in total. The molecule has 0 amide bonds. The van der Waals surface area contributed by atoms with Crippen LogP contribution in [0.15, 0.2) is 28.4 Å². The molecule has 0 spiro atoms. The summed E-state index contributed by atoms with van der Waals surface area (Å²) in [5.41, 5.74) is 1.10. The van der Waals surface area contributed by atoms with E-state index in [0.717, 1.165) is 11.3 Å². The minimum absolute atomic E-state index is 0.110. The van der Waals surface area contributed by atoms with Crippen molar-refractivity contribution in [2.45, 2.75) is 33.2 Å². The van der Waals surface area contributed by atoms with Gasteiger partial charge in [-0.15, -0.1) is 11.3 Å². The van der Waals surface area contributed by atoms with E-state index in [1.165, 1.54) is 6.07 Å². The van der Waals surface area contributed by atoms with Crippen molar-refractivity contribution in [3.05, 3.63) is 55.6 Å². The predicted octanol–water partition coefficient (Wildman–Crippen LogP) is 3.22. The summed E-state index contributed by atoms with van der Waals surface area (Å²) in [6, 6.07) is 5.22. The summed E-state index contributed by atoms with van der Waals surface area (Å²) in [5.74, 6) is -0.991. The molecule has 5 heteroatoms. The minimum Gasteiger partial charge on any atom is -0.478 e. The molecule has 0 aliphatic heterocycles. The summed E-state index contributed by atoms with van der Waals surface area (Å²) < 4.78 is 1.60. The molecule has 0 fully saturated rings. The number of rotatable bonds is 4. The fourth-order valence-corrected chi connectivity index (χ4v) is 3.50. The molecule has 1 atom stereocenters. The zero-order valence-electron chi connectivity index (χ0n) is 11.7. The van der Waals surface area contributed by atoms with Crippen LogP contribution >= 0.6 is 11.3 Å². The number of aromatic nitrogens is 1. The Morgan fingerprint density at radius 3 is 2.65 bits per heavy atom. The third-order valence-electron chi connectivity index (χ3n) is 3.48. The van der Waals surface area contributed by atoms with Crippen LogP contribution in [0.4, 0.5) is 0 Å². The SMILES string of the molecule is CCC(c1cccs1)n1c(C)c(C(=O)O)c(C)cc1=O. The lowest BCUT2D eigenvalue weighted by Gasteiger charge is -2.21. The number of nitrogens with zero attached hydrogens (tertiary/aromatic N) is 1. The van der Waals surface area contributed by atoms with E-state index < -0.39 is 5.97 Å². The van der Waals surface area contributed by atoms with Crippen LogP contribution in [0.3, 0.4) is 0 Å². The Morgan fingerprint density at radius 2 is 2.15 bits per heavy atom. The van der Waals surface area contributed by atoms with Gasteiger partial charge in [-0.1, -0.05) is 13.0 Å². The number of thiophene rings is 1. The summed E-state index contributed by atoms with van der Waals surface area (Å²) in [6.07, 6.45) is 0.739. The van der Waals surface area contributed by atoms with Gasteiger partial charge < -0.3 is 9.67 Å². The second-order valence-electron chi connectivity index (χ2n) is 4.74. The van der Waals surface area contributed by atoms with Gasteiger partial charge in [0.25, 0.3) is 5.56 Å². The van der Waals surface area contributed by atoms with Gasteiger partial charge in [0.1, 0.15) is 0 Å². The molecule has 0 saturated heterocycles. The van der Waals surface area contributed by atoms with Gasteiger partial charge in [0.2, 0.25) is 0 Å². The molecule has 0 saturated carbocycles. The van der Waals surface area contributed by atoms with Gasteiger partial charge in [-0.05, 0) is 37.3 Å². The van der Waals surface area contributed by atoms with E-state index in [1.807, 2.05) is 24.4 Å². The molecule has 2 aromatic rings. The monoisotopic (exact) mass is 291 g/mol. The number of hydrogen-bond acceptors (Lipinski definition) is 3. The molecule has 2 rings (SSSR count). The van der Waals surface area contributed by atoms with E-state index in [-0.39, 0.29) is 17.2 Å². The Hall–Kier alpha value is -1.88. The van der Waals surface area contributed by atoms with Crippen molar-refractivity contribution in [2.24, 2.45) is 0 Å². The average Bonchev–Trinajstić information content (AvgIpc) is 2.86. The van der Waals surface area contributed by atoms with E-state index in [0.29, 0.717) is 11.3 Å². The maximum absolute atomic E-state index is 12.3. The van der Waals surface area contributed by atoms with Gasteiger partial charge >= 0.3 is 5.97 Å². The summed E-state index contributed by atoms with van der Waals surface area (Å²) >= 11 is 1.58. The van der Waals surface area contributed by atoms with Crippen molar-refractivity contribution in [1.82, 2.24) is 4.57 Å². The van der Waals surface area contributed by atoms with Crippen molar-refractivity contribution in [3.63, 3.8) is 0 Å². The summed E-state index contributed by atoms with van der Waals surface area (Å²) in [7, 11) is 0. The maximum Gasteiger partial charge on any atom is 0.337 e. The third-order valence-corrected chi connectivity index (χ3v) is 4.45. The van der Waals surface area contributed by atoms with Crippen molar-refractivity contribution in [3.8, 4) is 0 Å². The van der Waals surface area contributed by atoms with Gasteiger partial charge in [-0.25, -0.2) is 4.79 Å². The first-order valence-corrected chi connectivity index (χ1v) is 7.34. The highest BCUT2D eigenvalue weighted by Crippen LogP contribution is 2.27. The first-order chi connectivity index (χ1) is 9.47. The van der Waals surface area contributed by atoms with Crippen molar-refractivity contribution >= 4 is 17.3 Å². The predicted molar refractivity (Wildman–Crippen MR) is 79.9 cm³/mol. The number of pyridine rings is 1. The summed E-state index contributed by atoms with van der Waals surface area (Å²) in [5, 5.41) is 11.3. The van der Waals surface area contributed by atoms with Gasteiger partial charge in [0, 0.05) is 16.6 Å². The zero-order valence-corrected chi connectivity index (χ0v) is 12.5. The highest BCUT2D eigenvalue weighted by Gasteiger charge is 2.21. The van der Waals surface area contributed by atoms with Gasteiger partial charge in [-0.3, -0.25) is 4.79 Å². The Morgan fingerprint density at radius 1 is 1.45 bits per heavy atom. The largest absolute Gasteiger partial charge is 0.478 e. The Kier molecular flexibility index (Phi) is 4.09. The Balaban J connectivity index is 2.70. The molecule has 0 aliphatic carbocycles. The van der Waals surface area contributed by atoms with E-state index in [9.17, 15) is 14.7 Å². The van der Waals surface area contributed by atoms with Crippen LogP contribution in [0.1, 0.15) is 45.9 Å². The van der Waals surface area contributed by atoms with Crippen LogP contribution < -0.4 is 5.56 Å². The quantitative estimate of drug-likeness (QED) is 0.941. The fraction of sp³-hybridized carbons (Fsp3) is 0.333. The molecule has 2 aromatic heterocycles. The van der Waals surface area contributed by atoms with E-state index in [4.69, 9.17) is 0 Å². The summed E-state index contributed by atoms with van der Waals surface area (Å²) in [6.45, 7) is 5.36. The lowest BCUT2D eigenvalue weighted by Crippen LogP contribution is -2.29. The van der Waals surface area contributed by atoms with Crippen molar-refractivity contribution in [2.75, 3.05) is 0 Å². The lowest BCUT2D eigenvalue weighted by atomic mass is 10.1. The lowest BCUT2D eigenvalue weighted by molar-refractivity contribution is 0.0694. The van der Waals surface area contributed by atoms with Gasteiger partial charge in [0.15, 0.2) is 0 Å². The van der Waals surface area contributed by atoms with Crippen LogP contribution in [0.2, 0.25) is 0 Å². The Labute approximate surface area is 121 Å². The average molecular weight is 291 g/mol. The molecule has 0 bridgehead atoms. The smallest absolute Gasteiger partial charge is 0.337 e. The normalized spacial score (nSPS) is 12.3. The number of carbonyl (C=O) groups is 1.